The predicted octanol–water partition coefficient (Wildman–Crippen LogP) is 21.1. The Kier molecular flexibility index (Phi) is 10.5. The van der Waals surface area contributed by atoms with Gasteiger partial charge >= 0.3 is 0 Å². The third-order valence-corrected chi connectivity index (χ3v) is 19.4. The molecule has 0 fully saturated rings. The van der Waals surface area contributed by atoms with Gasteiger partial charge in [-0.25, -0.2) is 0 Å². The van der Waals surface area contributed by atoms with Crippen molar-refractivity contribution in [2.24, 2.45) is 10.8 Å². The number of hydrogen-bond donors (Lipinski definition) is 0. The fourth-order valence-corrected chi connectivity index (χ4v) is 15.5. The number of benzene rings is 11. The zero-order valence-corrected chi connectivity index (χ0v) is 47.3. The number of nitrogens with zero attached hydrogens (tertiary/aromatic N) is 2. The van der Waals surface area contributed by atoms with E-state index in [2.05, 4.69) is 284 Å². The number of anilines is 6. The highest BCUT2D eigenvalue weighted by Gasteiger charge is 2.59. The van der Waals surface area contributed by atoms with Crippen molar-refractivity contribution in [3.63, 3.8) is 0 Å². The van der Waals surface area contributed by atoms with E-state index in [9.17, 15) is 0 Å². The molecule has 2 heterocycles. The molecule has 0 unspecified atom stereocenters. The Morgan fingerprint density at radius 2 is 0.833 bits per heavy atom. The molecule has 0 amide bonds. The van der Waals surface area contributed by atoms with Crippen LogP contribution in [-0.4, -0.2) is 8.07 Å². The molecule has 0 N–H and O–H groups in total. The van der Waals surface area contributed by atoms with Crippen LogP contribution in [0.1, 0.15) is 58.2 Å². The first kappa shape index (κ1) is 48.0. The van der Waals surface area contributed by atoms with Gasteiger partial charge in [0.05, 0.1) is 25.1 Å². The zero-order valence-electron chi connectivity index (χ0n) is 46.3. The standard InChI is InChI=1S/C73H64N2O2Si/c1-45-33-35-46(36-34-45)74(61-29-19-27-57-52-23-15-17-31-64(52)76-69(57)61)48-39-42-56-59(43-48)50-21-11-13-25-54(50)67-66-55-26-14-12-22-51(55)63(44-60(66)73(68(56)67,71(2,3)4)72(5,6)7)75(47-37-40-49(41-38-47)78(8,9)10)62-30-20-28-58-53-24-16-18-32-65(53)77-70(58)62/h11-44H,1-10H3. The van der Waals surface area contributed by atoms with E-state index in [1.165, 1.54) is 65.3 Å². The first-order valence-corrected chi connectivity index (χ1v) is 31.2. The Morgan fingerprint density at radius 1 is 0.372 bits per heavy atom. The summed E-state index contributed by atoms with van der Waals surface area (Å²) >= 11 is 0. The van der Waals surface area contributed by atoms with Crippen LogP contribution >= 0.6 is 0 Å². The summed E-state index contributed by atoms with van der Waals surface area (Å²) in [4.78, 5) is 4.90. The summed E-state index contributed by atoms with van der Waals surface area (Å²) in [5.74, 6) is 0. The van der Waals surface area contributed by atoms with Crippen molar-refractivity contribution < 1.29 is 8.83 Å². The lowest BCUT2D eigenvalue weighted by Crippen LogP contribution is -2.50. The summed E-state index contributed by atoms with van der Waals surface area (Å²) in [6.07, 6.45) is 0. The third kappa shape index (κ3) is 6.89. The van der Waals surface area contributed by atoms with Gasteiger partial charge in [-0.15, -0.1) is 0 Å². The van der Waals surface area contributed by atoms with E-state index in [-0.39, 0.29) is 10.8 Å². The van der Waals surface area contributed by atoms with Crippen LogP contribution in [0.3, 0.4) is 0 Å². The second-order valence-corrected chi connectivity index (χ2v) is 30.0. The topological polar surface area (TPSA) is 32.8 Å². The maximum Gasteiger partial charge on any atom is 0.159 e. The molecule has 13 aromatic rings. The molecular formula is C73H64N2O2Si. The van der Waals surface area contributed by atoms with E-state index in [1.54, 1.807) is 0 Å². The molecule has 0 atom stereocenters. The second kappa shape index (κ2) is 17.1. The molecule has 382 valence electrons. The molecule has 0 bridgehead atoms. The van der Waals surface area contributed by atoms with Gasteiger partial charge in [0.1, 0.15) is 11.2 Å². The van der Waals surface area contributed by atoms with Gasteiger partial charge in [0.25, 0.3) is 0 Å². The van der Waals surface area contributed by atoms with Gasteiger partial charge in [0.2, 0.25) is 0 Å². The van der Waals surface area contributed by atoms with E-state index in [4.69, 9.17) is 8.83 Å². The van der Waals surface area contributed by atoms with Gasteiger partial charge < -0.3 is 18.6 Å². The van der Waals surface area contributed by atoms with Crippen LogP contribution in [0.5, 0.6) is 0 Å². The molecule has 0 saturated heterocycles. The van der Waals surface area contributed by atoms with E-state index in [0.29, 0.717) is 0 Å². The SMILES string of the molecule is Cc1ccc(N(c2ccc3c4c(c5ccccc5c3c2)-c2c(cc(N(c3ccc([Si](C)(C)C)cc3)c3cccc5c3oc3ccccc35)c3ccccc23)C4(C(C)(C)C)C(C)(C)C)c2cccc3c2oc2ccccc23)cc1. The summed E-state index contributed by atoms with van der Waals surface area (Å²) in [6.45, 7) is 24.3. The van der Waals surface area contributed by atoms with Crippen molar-refractivity contribution in [3.8, 4) is 11.1 Å². The molecule has 0 saturated carbocycles. The molecule has 0 spiro atoms. The highest BCUT2D eigenvalue weighted by molar-refractivity contribution is 6.88. The fraction of sp³-hybridized carbons (Fsp3) is 0.178. The van der Waals surface area contributed by atoms with Crippen LogP contribution in [-0.2, 0) is 5.41 Å². The maximum absolute atomic E-state index is 6.97. The lowest BCUT2D eigenvalue weighted by atomic mass is 9.49. The lowest BCUT2D eigenvalue weighted by Gasteiger charge is -2.53. The molecule has 1 aliphatic rings. The predicted molar refractivity (Wildman–Crippen MR) is 336 cm³/mol. The summed E-state index contributed by atoms with van der Waals surface area (Å²) in [5, 5.41) is 13.3. The second-order valence-electron chi connectivity index (χ2n) is 24.9. The van der Waals surface area contributed by atoms with Crippen LogP contribution in [0.25, 0.3) is 87.3 Å². The molecule has 1 aliphatic carbocycles. The van der Waals surface area contributed by atoms with Crippen molar-refractivity contribution >= 4 is 124 Å². The molecule has 14 rings (SSSR count). The zero-order chi connectivity index (χ0) is 53.6. The fourth-order valence-electron chi connectivity index (χ4n) is 14.3. The Hall–Kier alpha value is -8.38. The average Bonchev–Trinajstić information content (AvgIpc) is 4.32. The van der Waals surface area contributed by atoms with Gasteiger partial charge in [-0.05, 0) is 134 Å². The van der Waals surface area contributed by atoms with Crippen molar-refractivity contribution in [2.45, 2.75) is 73.5 Å². The minimum absolute atomic E-state index is 0.285. The summed E-state index contributed by atoms with van der Waals surface area (Å²) in [7, 11) is -1.62. The lowest BCUT2D eigenvalue weighted by molar-refractivity contribution is 0.0965. The molecular weight excluding hydrogens is 965 g/mol. The summed E-state index contributed by atoms with van der Waals surface area (Å²) < 4.78 is 13.8. The largest absolute Gasteiger partial charge is 0.454 e. The smallest absolute Gasteiger partial charge is 0.159 e. The van der Waals surface area contributed by atoms with Crippen LogP contribution in [0.2, 0.25) is 19.6 Å². The molecule has 4 nitrogen and oxygen atoms in total. The van der Waals surface area contributed by atoms with Gasteiger partial charge in [0, 0.05) is 49.4 Å². The van der Waals surface area contributed by atoms with Gasteiger partial charge in [-0.3, -0.25) is 0 Å². The molecule has 78 heavy (non-hydrogen) atoms. The minimum atomic E-state index is -1.62. The molecule has 0 aliphatic heterocycles. The van der Waals surface area contributed by atoms with E-state index in [0.717, 1.165) is 78.0 Å². The minimum Gasteiger partial charge on any atom is -0.454 e. The van der Waals surface area contributed by atoms with Crippen molar-refractivity contribution in [3.05, 3.63) is 223 Å². The molecule has 5 heteroatoms. The number of hydrogen-bond acceptors (Lipinski definition) is 4. The quantitative estimate of drug-likeness (QED) is 0.118. The first-order chi connectivity index (χ1) is 37.5. The van der Waals surface area contributed by atoms with Gasteiger partial charge in [-0.2, -0.15) is 0 Å². The molecule has 2 aromatic heterocycles. The summed E-state index contributed by atoms with van der Waals surface area (Å²) in [5.41, 5.74) is 15.4. The number of furan rings is 2. The van der Waals surface area contributed by atoms with Crippen LogP contribution in [0, 0.1) is 17.8 Å². The Bertz CT molecular complexity index is 4560. The van der Waals surface area contributed by atoms with Crippen LogP contribution in [0.4, 0.5) is 34.1 Å². The van der Waals surface area contributed by atoms with Crippen LogP contribution < -0.4 is 15.0 Å². The van der Waals surface area contributed by atoms with E-state index < -0.39 is 13.5 Å². The highest BCUT2D eigenvalue weighted by atomic mass is 28.3. The van der Waals surface area contributed by atoms with Crippen molar-refractivity contribution in [2.75, 3.05) is 9.80 Å². The Labute approximate surface area is 458 Å². The number of rotatable bonds is 7. The Morgan fingerprint density at radius 3 is 1.40 bits per heavy atom. The molecule has 11 aromatic carbocycles. The van der Waals surface area contributed by atoms with E-state index >= 15 is 0 Å². The van der Waals surface area contributed by atoms with Gasteiger partial charge in [0.15, 0.2) is 11.2 Å². The molecule has 0 radical (unpaired) electrons. The maximum atomic E-state index is 6.97. The Balaban J connectivity index is 1.09. The van der Waals surface area contributed by atoms with Gasteiger partial charge in [-0.1, -0.05) is 211 Å². The summed E-state index contributed by atoms with van der Waals surface area (Å²) in [6, 6.07) is 76.6. The van der Waals surface area contributed by atoms with Crippen molar-refractivity contribution in [1.29, 1.82) is 0 Å². The number of fused-ring (bicyclic) bond motifs is 16. The average molecular weight is 1030 g/mol. The first-order valence-electron chi connectivity index (χ1n) is 27.7. The highest BCUT2D eigenvalue weighted by Crippen LogP contribution is 2.69. The normalized spacial score (nSPS) is 13.6. The monoisotopic (exact) mass is 1030 g/mol. The van der Waals surface area contributed by atoms with Crippen LogP contribution in [0.15, 0.2) is 215 Å². The third-order valence-electron chi connectivity index (χ3n) is 17.3. The van der Waals surface area contributed by atoms with Crippen molar-refractivity contribution in [1.82, 2.24) is 0 Å². The van der Waals surface area contributed by atoms with E-state index in [1.807, 2.05) is 0 Å². The number of aryl methyl sites for hydroxylation is 1. The number of para-hydroxylation sites is 4.